The Balaban J connectivity index is 2.20. The Labute approximate surface area is 134 Å². The Morgan fingerprint density at radius 2 is 1.83 bits per heavy atom. The number of hydrogen-bond donors (Lipinski definition) is 2. The highest BCUT2D eigenvalue weighted by Gasteiger charge is 2.17. The van der Waals surface area contributed by atoms with Crippen molar-refractivity contribution < 1.29 is 19.0 Å². The van der Waals surface area contributed by atoms with Gasteiger partial charge in [-0.25, -0.2) is 4.98 Å². The third-order valence-corrected chi connectivity index (χ3v) is 3.29. The fourth-order valence-electron chi connectivity index (χ4n) is 2.09. The largest absolute Gasteiger partial charge is 0.493 e. The van der Waals surface area contributed by atoms with Crippen molar-refractivity contribution in [1.82, 2.24) is 10.3 Å². The highest BCUT2D eigenvalue weighted by Crippen LogP contribution is 2.38. The molecule has 0 unspecified atom stereocenters. The molecule has 1 amide bonds. The number of carbonyl (C=O) groups excluding carboxylic acids is 1. The first-order valence-corrected chi connectivity index (χ1v) is 6.88. The Bertz CT molecular complexity index is 678. The van der Waals surface area contributed by atoms with Crippen LogP contribution in [0.5, 0.6) is 17.2 Å². The van der Waals surface area contributed by atoms with Gasteiger partial charge in [-0.3, -0.25) is 4.79 Å². The van der Waals surface area contributed by atoms with Gasteiger partial charge < -0.3 is 25.3 Å². The number of nitrogens with zero attached hydrogens (tertiary/aromatic N) is 1. The van der Waals surface area contributed by atoms with Crippen molar-refractivity contribution >= 4 is 11.7 Å². The SMILES string of the molecule is COc1cc(C(=O)NCc2cccnc2N)cc(OC)c1OC. The highest BCUT2D eigenvalue weighted by molar-refractivity contribution is 5.95. The fraction of sp³-hybridized carbons (Fsp3) is 0.250. The molecule has 23 heavy (non-hydrogen) atoms. The number of nitrogens with one attached hydrogen (secondary N) is 1. The summed E-state index contributed by atoms with van der Waals surface area (Å²) in [6.45, 7) is 0.273. The first-order chi connectivity index (χ1) is 11.1. The molecule has 0 spiro atoms. The minimum atomic E-state index is -0.285. The maximum absolute atomic E-state index is 12.3. The second-order valence-electron chi connectivity index (χ2n) is 4.64. The Morgan fingerprint density at radius 3 is 2.35 bits per heavy atom. The average molecular weight is 317 g/mol. The molecule has 0 saturated heterocycles. The van der Waals surface area contributed by atoms with Gasteiger partial charge in [-0.1, -0.05) is 6.07 Å². The van der Waals surface area contributed by atoms with Crippen molar-refractivity contribution in [2.45, 2.75) is 6.54 Å². The topological polar surface area (TPSA) is 95.7 Å². The van der Waals surface area contributed by atoms with Crippen molar-refractivity contribution in [3.8, 4) is 17.2 Å². The zero-order valence-electron chi connectivity index (χ0n) is 13.3. The molecule has 7 nitrogen and oxygen atoms in total. The summed E-state index contributed by atoms with van der Waals surface area (Å²) in [6, 6.07) is 6.74. The third-order valence-electron chi connectivity index (χ3n) is 3.29. The molecule has 0 bridgehead atoms. The summed E-state index contributed by atoms with van der Waals surface area (Å²) in [6.07, 6.45) is 1.60. The second kappa shape index (κ2) is 7.35. The van der Waals surface area contributed by atoms with Crippen molar-refractivity contribution in [2.75, 3.05) is 27.1 Å². The monoisotopic (exact) mass is 317 g/mol. The summed E-state index contributed by atoms with van der Waals surface area (Å²) in [5.74, 6) is 1.36. The van der Waals surface area contributed by atoms with E-state index < -0.39 is 0 Å². The van der Waals surface area contributed by atoms with Gasteiger partial charge in [0, 0.05) is 23.9 Å². The molecule has 0 atom stereocenters. The molecular weight excluding hydrogens is 298 g/mol. The van der Waals surface area contributed by atoms with Crippen LogP contribution in [0.4, 0.5) is 5.82 Å². The standard InChI is InChI=1S/C16H19N3O4/c1-21-12-7-11(8-13(22-2)14(12)23-3)16(20)19-9-10-5-4-6-18-15(10)17/h4-8H,9H2,1-3H3,(H2,17,18)(H,19,20). The molecule has 0 aliphatic rings. The van der Waals surface area contributed by atoms with E-state index in [0.717, 1.165) is 5.56 Å². The van der Waals surface area contributed by atoms with Crippen LogP contribution in [-0.4, -0.2) is 32.2 Å². The van der Waals surface area contributed by atoms with Crippen LogP contribution in [0.15, 0.2) is 30.5 Å². The molecule has 3 N–H and O–H groups in total. The van der Waals surface area contributed by atoms with Gasteiger partial charge in [0.1, 0.15) is 5.82 Å². The lowest BCUT2D eigenvalue weighted by Gasteiger charge is -2.14. The van der Waals surface area contributed by atoms with E-state index in [2.05, 4.69) is 10.3 Å². The summed E-state index contributed by atoms with van der Waals surface area (Å²) >= 11 is 0. The smallest absolute Gasteiger partial charge is 0.251 e. The quantitative estimate of drug-likeness (QED) is 0.840. The highest BCUT2D eigenvalue weighted by atomic mass is 16.5. The van der Waals surface area contributed by atoms with Crippen LogP contribution in [0.2, 0.25) is 0 Å². The van der Waals surface area contributed by atoms with Crippen molar-refractivity contribution in [3.63, 3.8) is 0 Å². The maximum atomic E-state index is 12.3. The van der Waals surface area contributed by atoms with Gasteiger partial charge in [-0.15, -0.1) is 0 Å². The number of anilines is 1. The normalized spacial score (nSPS) is 10.0. The molecule has 2 aromatic rings. The van der Waals surface area contributed by atoms with Gasteiger partial charge in [-0.05, 0) is 18.2 Å². The number of hydrogen-bond acceptors (Lipinski definition) is 6. The summed E-state index contributed by atoms with van der Waals surface area (Å²) in [7, 11) is 4.50. The molecule has 0 aliphatic heterocycles. The molecule has 7 heteroatoms. The molecule has 0 aliphatic carbocycles. The summed E-state index contributed by atoms with van der Waals surface area (Å²) in [5, 5.41) is 2.79. The van der Waals surface area contributed by atoms with Crippen LogP contribution in [0.25, 0.3) is 0 Å². The molecule has 0 fully saturated rings. The van der Waals surface area contributed by atoms with Gasteiger partial charge in [0.2, 0.25) is 5.75 Å². The lowest BCUT2D eigenvalue weighted by atomic mass is 10.1. The number of aromatic nitrogens is 1. The lowest BCUT2D eigenvalue weighted by molar-refractivity contribution is 0.0950. The summed E-state index contributed by atoms with van der Waals surface area (Å²) < 4.78 is 15.7. The van der Waals surface area contributed by atoms with Gasteiger partial charge in [0.05, 0.1) is 21.3 Å². The number of rotatable bonds is 6. The lowest BCUT2D eigenvalue weighted by Crippen LogP contribution is -2.23. The zero-order chi connectivity index (χ0) is 16.8. The van der Waals surface area contributed by atoms with E-state index in [1.54, 1.807) is 30.5 Å². The second-order valence-corrected chi connectivity index (χ2v) is 4.64. The van der Waals surface area contributed by atoms with Crippen LogP contribution >= 0.6 is 0 Å². The Kier molecular flexibility index (Phi) is 5.24. The molecule has 1 aromatic heterocycles. The van der Waals surface area contributed by atoms with Gasteiger partial charge in [0.25, 0.3) is 5.91 Å². The predicted octanol–water partition coefficient (Wildman–Crippen LogP) is 1.62. The number of amides is 1. The van der Waals surface area contributed by atoms with Crippen LogP contribution in [0, 0.1) is 0 Å². The number of benzene rings is 1. The first-order valence-electron chi connectivity index (χ1n) is 6.88. The number of ether oxygens (including phenoxy) is 3. The Hall–Kier alpha value is -2.96. The number of pyridine rings is 1. The van der Waals surface area contributed by atoms with Gasteiger partial charge >= 0.3 is 0 Å². The minimum absolute atomic E-state index is 0.273. The van der Waals surface area contributed by atoms with E-state index in [0.29, 0.717) is 28.6 Å². The van der Waals surface area contributed by atoms with Crippen molar-refractivity contribution in [3.05, 3.63) is 41.6 Å². The number of nitrogens with two attached hydrogens (primary N) is 1. The van der Waals surface area contributed by atoms with E-state index in [9.17, 15) is 4.79 Å². The fourth-order valence-corrected chi connectivity index (χ4v) is 2.09. The molecule has 1 aromatic carbocycles. The number of methoxy groups -OCH3 is 3. The van der Waals surface area contributed by atoms with E-state index in [-0.39, 0.29) is 12.5 Å². The van der Waals surface area contributed by atoms with E-state index >= 15 is 0 Å². The number of nitrogen functional groups attached to an aromatic ring is 1. The minimum Gasteiger partial charge on any atom is -0.493 e. The van der Waals surface area contributed by atoms with Gasteiger partial charge in [-0.2, -0.15) is 0 Å². The Morgan fingerprint density at radius 1 is 1.17 bits per heavy atom. The average Bonchev–Trinajstić information content (AvgIpc) is 2.59. The van der Waals surface area contributed by atoms with E-state index in [1.807, 2.05) is 0 Å². The van der Waals surface area contributed by atoms with Crippen LogP contribution < -0.4 is 25.3 Å². The van der Waals surface area contributed by atoms with E-state index in [1.165, 1.54) is 21.3 Å². The first kappa shape index (κ1) is 16.4. The van der Waals surface area contributed by atoms with Gasteiger partial charge in [0.15, 0.2) is 11.5 Å². The van der Waals surface area contributed by atoms with Crippen molar-refractivity contribution in [1.29, 1.82) is 0 Å². The molecule has 0 saturated carbocycles. The molecule has 2 rings (SSSR count). The third kappa shape index (κ3) is 3.63. The predicted molar refractivity (Wildman–Crippen MR) is 85.9 cm³/mol. The molecular formula is C16H19N3O4. The molecule has 122 valence electrons. The summed E-state index contributed by atoms with van der Waals surface area (Å²) in [4.78, 5) is 16.3. The zero-order valence-corrected chi connectivity index (χ0v) is 13.3. The summed E-state index contributed by atoms with van der Waals surface area (Å²) in [5.41, 5.74) is 6.89. The van der Waals surface area contributed by atoms with Crippen LogP contribution in [0.1, 0.15) is 15.9 Å². The molecule has 0 radical (unpaired) electrons. The van der Waals surface area contributed by atoms with Crippen LogP contribution in [0.3, 0.4) is 0 Å². The van der Waals surface area contributed by atoms with Crippen molar-refractivity contribution in [2.24, 2.45) is 0 Å². The maximum Gasteiger partial charge on any atom is 0.251 e. The van der Waals surface area contributed by atoms with E-state index in [4.69, 9.17) is 19.9 Å². The molecule has 1 heterocycles. The van der Waals surface area contributed by atoms with Crippen LogP contribution in [-0.2, 0) is 6.54 Å². The number of carbonyl (C=O) groups is 1.